The minimum atomic E-state index is -0.557. The molecule has 0 unspecified atom stereocenters. The van der Waals surface area contributed by atoms with Crippen LogP contribution >= 0.6 is 33.3 Å². The monoisotopic (exact) mass is 825 g/mol. The van der Waals surface area contributed by atoms with Crippen LogP contribution in [0.25, 0.3) is 0 Å². The summed E-state index contributed by atoms with van der Waals surface area (Å²) in [5.41, 5.74) is 1.87. The van der Waals surface area contributed by atoms with E-state index in [1.807, 2.05) is 70.5 Å². The van der Waals surface area contributed by atoms with Crippen LogP contribution in [0.2, 0.25) is 0 Å². The number of amides is 3. The van der Waals surface area contributed by atoms with Crippen LogP contribution in [0, 0.1) is 22.7 Å². The van der Waals surface area contributed by atoms with Crippen LogP contribution in [0.15, 0.2) is 98.4 Å². The van der Waals surface area contributed by atoms with Crippen molar-refractivity contribution in [3.8, 4) is 23.6 Å². The molecule has 3 amide bonds. The number of carbonyl (C=O) groups excluding carboxylic acids is 3. The average Bonchev–Trinajstić information content (AvgIpc) is 3.28. The molecule has 2 N–H and O–H groups in total. The number of nitrogens with zero attached hydrogens (tertiary/aromatic N) is 5. The van der Waals surface area contributed by atoms with Gasteiger partial charge in [-0.3, -0.25) is 14.4 Å². The predicted octanol–water partition coefficient (Wildman–Crippen LogP) is 5.90. The lowest BCUT2D eigenvalue weighted by molar-refractivity contribution is 0.0301. The van der Waals surface area contributed by atoms with Crippen LogP contribution < -0.4 is 0 Å². The number of nitriles is 2. The number of hydrogen-bond acceptors (Lipinski definition) is 13. The molecular weight excluding hydrogens is 787 g/mol. The summed E-state index contributed by atoms with van der Waals surface area (Å²) in [6.07, 6.45) is 0. The Balaban J connectivity index is 0.000000194. The molecule has 3 fully saturated rings. The van der Waals surface area contributed by atoms with Gasteiger partial charge in [0.2, 0.25) is 0 Å². The predicted molar refractivity (Wildman–Crippen MR) is 215 cm³/mol. The summed E-state index contributed by atoms with van der Waals surface area (Å²) in [5, 5.41) is 38.1. The van der Waals surface area contributed by atoms with Gasteiger partial charge in [0, 0.05) is 76.7 Å². The first-order valence-electron chi connectivity index (χ1n) is 18.1. The van der Waals surface area contributed by atoms with Crippen LogP contribution in [0.4, 0.5) is 0 Å². The van der Waals surface area contributed by atoms with Crippen LogP contribution in [-0.4, -0.2) is 122 Å². The lowest BCUT2D eigenvalue weighted by atomic mass is 10.1. The Morgan fingerprint density at radius 2 is 0.895 bits per heavy atom. The van der Waals surface area contributed by atoms with Crippen molar-refractivity contribution in [3.05, 3.63) is 107 Å². The molecule has 4 aromatic carbocycles. The third-order valence-corrected chi connectivity index (χ3v) is 12.7. The number of hydrogen-bond donors (Lipinski definition) is 2. The summed E-state index contributed by atoms with van der Waals surface area (Å²) >= 11 is 1.11. The minimum Gasteiger partial charge on any atom is -0.504 e. The quantitative estimate of drug-likeness (QED) is 0.159. The Labute approximate surface area is 342 Å². The number of carbonyl (C=O) groups is 3. The summed E-state index contributed by atoms with van der Waals surface area (Å²) < 4.78 is 15.9. The maximum absolute atomic E-state index is 12.5. The van der Waals surface area contributed by atoms with Crippen molar-refractivity contribution in [1.29, 1.82) is 10.5 Å². The second-order valence-electron chi connectivity index (χ2n) is 12.8. The van der Waals surface area contributed by atoms with Crippen molar-refractivity contribution in [3.63, 3.8) is 0 Å². The zero-order valence-electron chi connectivity index (χ0n) is 30.8. The van der Waals surface area contributed by atoms with Crippen molar-refractivity contribution in [2.45, 2.75) is 19.6 Å². The average molecular weight is 826 g/mol. The van der Waals surface area contributed by atoms with E-state index in [1.165, 1.54) is 0 Å². The van der Waals surface area contributed by atoms with Gasteiger partial charge in [0.25, 0.3) is 17.7 Å². The van der Waals surface area contributed by atoms with Crippen molar-refractivity contribution in [2.24, 2.45) is 0 Å². The molecule has 0 atom stereocenters. The smallest absolute Gasteiger partial charge is 0.254 e. The number of phenolic OH excluding ortho intramolecular Hbond substituents is 2. The lowest BCUT2D eigenvalue weighted by Gasteiger charge is -2.26. The second kappa shape index (κ2) is 20.3. The van der Waals surface area contributed by atoms with E-state index in [0.717, 1.165) is 27.6 Å². The first kappa shape index (κ1) is 41.4. The molecule has 3 saturated heterocycles. The van der Waals surface area contributed by atoms with Crippen LogP contribution in [-0.2, 0) is 14.2 Å². The lowest BCUT2D eigenvalue weighted by Crippen LogP contribution is -2.40. The fourth-order valence-electron chi connectivity index (χ4n) is 5.97. The Bertz CT molecular complexity index is 2050. The molecule has 3 aliphatic heterocycles. The van der Waals surface area contributed by atoms with Gasteiger partial charge >= 0.3 is 0 Å². The molecule has 3 heterocycles. The molecule has 0 aliphatic carbocycles. The highest BCUT2D eigenvalue weighted by molar-refractivity contribution is 8.76. The van der Waals surface area contributed by atoms with E-state index in [-0.39, 0.29) is 33.7 Å². The van der Waals surface area contributed by atoms with Crippen LogP contribution in [0.1, 0.15) is 42.2 Å². The fraction of sp³-hybridized carbons (Fsp3) is 0.293. The van der Waals surface area contributed by atoms with Gasteiger partial charge in [-0.1, -0.05) is 33.3 Å². The SMILES string of the molecule is N#Cc1cc(O)c(O)c(C#N)c1Sc1ccc(C(=O)N2CCOCC2)cc1.O=C(c1ccc(SSc2ccc(C(=O)N3CCOCC3)cc2)cc1)N1CCOCC1. The molecule has 3 aliphatic rings. The molecule has 294 valence electrons. The van der Waals surface area contributed by atoms with Gasteiger partial charge in [0.1, 0.15) is 17.7 Å². The zero-order chi connectivity index (χ0) is 40.1. The molecular formula is C41H39N5O8S3. The van der Waals surface area contributed by atoms with Crippen LogP contribution in [0.3, 0.4) is 0 Å². The molecule has 0 saturated carbocycles. The maximum Gasteiger partial charge on any atom is 0.254 e. The number of morpholine rings is 3. The van der Waals surface area contributed by atoms with E-state index in [2.05, 4.69) is 0 Å². The van der Waals surface area contributed by atoms with Gasteiger partial charge in [-0.2, -0.15) is 10.5 Å². The summed E-state index contributed by atoms with van der Waals surface area (Å²) in [6, 6.07) is 27.1. The summed E-state index contributed by atoms with van der Waals surface area (Å²) in [6.45, 7) is 7.17. The molecule has 0 spiro atoms. The van der Waals surface area contributed by atoms with E-state index >= 15 is 0 Å². The maximum atomic E-state index is 12.5. The highest BCUT2D eigenvalue weighted by Crippen LogP contribution is 2.41. The fourth-order valence-corrected chi connectivity index (χ4v) is 8.86. The molecule has 16 heteroatoms. The summed E-state index contributed by atoms with van der Waals surface area (Å²) in [5.74, 6) is -1.03. The number of ether oxygens (including phenoxy) is 3. The van der Waals surface area contributed by atoms with E-state index in [9.17, 15) is 35.1 Å². The second-order valence-corrected chi connectivity index (χ2v) is 16.1. The number of rotatable bonds is 8. The summed E-state index contributed by atoms with van der Waals surface area (Å²) in [4.78, 5) is 46.0. The van der Waals surface area contributed by atoms with Crippen molar-refractivity contribution in [1.82, 2.24) is 14.7 Å². The summed E-state index contributed by atoms with van der Waals surface area (Å²) in [7, 11) is 3.26. The number of aromatic hydroxyl groups is 2. The van der Waals surface area contributed by atoms with Gasteiger partial charge < -0.3 is 39.1 Å². The van der Waals surface area contributed by atoms with E-state index in [1.54, 1.807) is 50.8 Å². The topological polar surface area (TPSA) is 177 Å². The van der Waals surface area contributed by atoms with E-state index in [4.69, 9.17) is 14.2 Å². The van der Waals surface area contributed by atoms with Gasteiger partial charge in [-0.05, 0) is 72.8 Å². The molecule has 0 radical (unpaired) electrons. The third-order valence-electron chi connectivity index (χ3n) is 9.12. The number of phenols is 2. The minimum absolute atomic E-state index is 0.0584. The van der Waals surface area contributed by atoms with Crippen LogP contribution in [0.5, 0.6) is 11.5 Å². The Morgan fingerprint density at radius 1 is 0.544 bits per heavy atom. The molecule has 57 heavy (non-hydrogen) atoms. The van der Waals surface area contributed by atoms with E-state index in [0.29, 0.717) is 100 Å². The Kier molecular flexibility index (Phi) is 14.7. The zero-order valence-corrected chi connectivity index (χ0v) is 33.2. The van der Waals surface area contributed by atoms with Crippen molar-refractivity contribution < 1.29 is 38.8 Å². The number of benzene rings is 4. The largest absolute Gasteiger partial charge is 0.504 e. The Hall–Kier alpha value is -5.20. The van der Waals surface area contributed by atoms with Gasteiger partial charge in [0.15, 0.2) is 11.5 Å². The molecule has 0 bridgehead atoms. The first-order chi connectivity index (χ1) is 27.7. The first-order valence-corrected chi connectivity index (χ1v) is 21.0. The van der Waals surface area contributed by atoms with Gasteiger partial charge in [-0.25, -0.2) is 0 Å². The highest BCUT2D eigenvalue weighted by Gasteiger charge is 2.22. The molecule has 7 rings (SSSR count). The van der Waals surface area contributed by atoms with Crippen molar-refractivity contribution >= 4 is 51.1 Å². The molecule has 13 nitrogen and oxygen atoms in total. The molecule has 0 aromatic heterocycles. The molecule has 4 aromatic rings. The Morgan fingerprint density at radius 3 is 1.23 bits per heavy atom. The highest BCUT2D eigenvalue weighted by atomic mass is 33.1. The van der Waals surface area contributed by atoms with Crippen molar-refractivity contribution in [2.75, 3.05) is 78.9 Å². The van der Waals surface area contributed by atoms with E-state index < -0.39 is 11.5 Å². The standard InChI is InChI=1S/C22H24N2O4S2.C19H15N3O4S/c25-21(23-9-13-27-14-10-23)17-1-5-19(6-2-17)29-30-20-7-3-18(4-8-20)22(26)24-11-15-28-16-12-24;20-10-13-9-16(23)17(24)15(11-21)18(13)27-14-3-1-12(2-4-14)19(25)22-5-7-26-8-6-22/h1-8H,9-16H2;1-4,9,23-24H,5-8H2. The normalized spacial score (nSPS) is 15.4. The third kappa shape index (κ3) is 10.8. The van der Waals surface area contributed by atoms with Gasteiger partial charge in [0.05, 0.1) is 50.1 Å². The van der Waals surface area contributed by atoms with Gasteiger partial charge in [-0.15, -0.1) is 0 Å².